The summed E-state index contributed by atoms with van der Waals surface area (Å²) in [5.74, 6) is 0. The highest BCUT2D eigenvalue weighted by Crippen LogP contribution is 2.12. The molecular weight excluding hydrogens is 166 g/mol. The normalized spacial score (nSPS) is 42.5. The van der Waals surface area contributed by atoms with E-state index in [-0.39, 0.29) is 6.04 Å². The van der Waals surface area contributed by atoms with E-state index in [1.54, 1.807) is 0 Å². The Morgan fingerprint density at radius 3 is 2.92 bits per heavy atom. The summed E-state index contributed by atoms with van der Waals surface area (Å²) in [6.07, 6.45) is 1.52. The van der Waals surface area contributed by atoms with Crippen LogP contribution in [0.25, 0.3) is 0 Å². The second-order valence-electron chi connectivity index (χ2n) is 3.85. The third-order valence-corrected chi connectivity index (χ3v) is 2.92. The topological polar surface area (TPSA) is 65.3 Å². The van der Waals surface area contributed by atoms with Gasteiger partial charge < -0.3 is 11.1 Å². The first-order valence-corrected chi connectivity index (χ1v) is 5.00. The summed E-state index contributed by atoms with van der Waals surface area (Å²) in [7, 11) is 0. The highest BCUT2D eigenvalue weighted by Gasteiger charge is 2.32. The lowest BCUT2D eigenvalue weighted by molar-refractivity contribution is 0.0865. The van der Waals surface area contributed by atoms with Crippen molar-refractivity contribution >= 4 is 0 Å². The summed E-state index contributed by atoms with van der Waals surface area (Å²) < 4.78 is 0. The van der Waals surface area contributed by atoms with Gasteiger partial charge in [0.2, 0.25) is 0 Å². The molecule has 0 aromatic heterocycles. The van der Waals surface area contributed by atoms with E-state index in [1.165, 1.54) is 0 Å². The van der Waals surface area contributed by atoms with Crippen molar-refractivity contribution < 1.29 is 0 Å². The molecule has 0 amide bonds. The standard InChI is InChI=1S/C8H19N5/c1-6-11-5-12-13(6)8-2-3-10-4-7(8)9/h6-8,10-12H,2-5,9H2,1H3. The van der Waals surface area contributed by atoms with Gasteiger partial charge in [-0.05, 0) is 19.9 Å². The molecule has 2 saturated heterocycles. The molecule has 0 bridgehead atoms. The molecule has 0 spiro atoms. The first-order chi connectivity index (χ1) is 6.29. The number of nitrogens with zero attached hydrogens (tertiary/aromatic N) is 1. The molecule has 2 heterocycles. The molecule has 5 heteroatoms. The van der Waals surface area contributed by atoms with Crippen molar-refractivity contribution in [2.45, 2.75) is 31.6 Å². The Kier molecular flexibility index (Phi) is 2.80. The first kappa shape index (κ1) is 9.36. The Hall–Kier alpha value is -0.200. The van der Waals surface area contributed by atoms with E-state index < -0.39 is 0 Å². The van der Waals surface area contributed by atoms with Crippen molar-refractivity contribution in [3.8, 4) is 0 Å². The van der Waals surface area contributed by atoms with E-state index in [0.717, 1.165) is 26.2 Å². The van der Waals surface area contributed by atoms with Crippen molar-refractivity contribution in [3.05, 3.63) is 0 Å². The maximum absolute atomic E-state index is 6.05. The minimum Gasteiger partial charge on any atom is -0.325 e. The lowest BCUT2D eigenvalue weighted by atomic mass is 10.0. The fraction of sp³-hybridized carbons (Fsp3) is 1.00. The van der Waals surface area contributed by atoms with E-state index in [4.69, 9.17) is 5.73 Å². The van der Waals surface area contributed by atoms with Crippen molar-refractivity contribution in [3.63, 3.8) is 0 Å². The van der Waals surface area contributed by atoms with Gasteiger partial charge in [0.1, 0.15) is 0 Å². The van der Waals surface area contributed by atoms with Crippen LogP contribution in [0.2, 0.25) is 0 Å². The second kappa shape index (κ2) is 3.89. The van der Waals surface area contributed by atoms with Gasteiger partial charge in [-0.25, -0.2) is 10.4 Å². The van der Waals surface area contributed by atoms with Gasteiger partial charge in [0.05, 0.1) is 12.8 Å². The smallest absolute Gasteiger partial charge is 0.0718 e. The Bertz CT molecular complexity index is 174. The average molecular weight is 185 g/mol. The predicted molar refractivity (Wildman–Crippen MR) is 51.7 cm³/mol. The first-order valence-electron chi connectivity index (χ1n) is 5.00. The summed E-state index contributed by atoms with van der Waals surface area (Å²) in [4.78, 5) is 0. The summed E-state index contributed by atoms with van der Waals surface area (Å²) in [6, 6.07) is 0.704. The zero-order valence-corrected chi connectivity index (χ0v) is 8.09. The van der Waals surface area contributed by atoms with Gasteiger partial charge in [-0.15, -0.1) is 0 Å². The van der Waals surface area contributed by atoms with Gasteiger partial charge in [0, 0.05) is 18.6 Å². The molecule has 0 saturated carbocycles. The average Bonchev–Trinajstić information content (AvgIpc) is 2.52. The minimum absolute atomic E-state index is 0.239. The Morgan fingerprint density at radius 2 is 2.31 bits per heavy atom. The van der Waals surface area contributed by atoms with Gasteiger partial charge in [-0.3, -0.25) is 5.32 Å². The van der Waals surface area contributed by atoms with Crippen LogP contribution >= 0.6 is 0 Å². The number of nitrogens with one attached hydrogen (secondary N) is 3. The molecular formula is C8H19N5. The molecule has 2 aliphatic heterocycles. The number of rotatable bonds is 1. The highest BCUT2D eigenvalue weighted by molar-refractivity contribution is 4.89. The lowest BCUT2D eigenvalue weighted by Crippen LogP contribution is -2.60. The van der Waals surface area contributed by atoms with Crippen LogP contribution in [0, 0.1) is 0 Å². The summed E-state index contributed by atoms with van der Waals surface area (Å²) >= 11 is 0. The largest absolute Gasteiger partial charge is 0.325 e. The maximum Gasteiger partial charge on any atom is 0.0718 e. The van der Waals surface area contributed by atoms with Crippen LogP contribution in [0.3, 0.4) is 0 Å². The molecule has 2 rings (SSSR count). The van der Waals surface area contributed by atoms with Crippen LogP contribution in [-0.4, -0.2) is 43.0 Å². The number of hydrazine groups is 1. The predicted octanol–water partition coefficient (Wildman–Crippen LogP) is -1.61. The Morgan fingerprint density at radius 1 is 1.46 bits per heavy atom. The zero-order chi connectivity index (χ0) is 9.26. The van der Waals surface area contributed by atoms with E-state index >= 15 is 0 Å². The van der Waals surface area contributed by atoms with Crippen molar-refractivity contribution in [2.75, 3.05) is 19.8 Å². The molecule has 2 aliphatic rings. The van der Waals surface area contributed by atoms with E-state index in [9.17, 15) is 0 Å². The van der Waals surface area contributed by atoms with Gasteiger partial charge in [-0.2, -0.15) is 0 Å². The second-order valence-corrected chi connectivity index (χ2v) is 3.85. The summed E-state index contributed by atoms with van der Waals surface area (Å²) in [5.41, 5.74) is 9.37. The molecule has 76 valence electrons. The molecule has 0 aliphatic carbocycles. The third kappa shape index (κ3) is 1.84. The minimum atomic E-state index is 0.239. The SMILES string of the molecule is CC1NCNN1C1CCNCC1N. The van der Waals surface area contributed by atoms with Crippen LogP contribution in [-0.2, 0) is 0 Å². The van der Waals surface area contributed by atoms with Gasteiger partial charge >= 0.3 is 0 Å². The number of piperidine rings is 1. The molecule has 0 aromatic carbocycles. The van der Waals surface area contributed by atoms with E-state index in [0.29, 0.717) is 12.2 Å². The summed E-state index contributed by atoms with van der Waals surface area (Å²) in [5, 5.41) is 8.88. The van der Waals surface area contributed by atoms with Gasteiger partial charge in [0.25, 0.3) is 0 Å². The van der Waals surface area contributed by atoms with Crippen molar-refractivity contribution in [2.24, 2.45) is 5.73 Å². The van der Waals surface area contributed by atoms with Crippen molar-refractivity contribution in [1.82, 2.24) is 21.1 Å². The molecule has 5 nitrogen and oxygen atoms in total. The van der Waals surface area contributed by atoms with Crippen molar-refractivity contribution in [1.29, 1.82) is 0 Å². The van der Waals surface area contributed by atoms with Crippen LogP contribution in [0.4, 0.5) is 0 Å². The maximum atomic E-state index is 6.05. The molecule has 2 fully saturated rings. The molecule has 13 heavy (non-hydrogen) atoms. The fourth-order valence-electron chi connectivity index (χ4n) is 2.14. The quantitative estimate of drug-likeness (QED) is 0.396. The Balaban J connectivity index is 1.97. The van der Waals surface area contributed by atoms with Crippen LogP contribution in [0.15, 0.2) is 0 Å². The number of hydrogen-bond acceptors (Lipinski definition) is 5. The molecule has 0 aromatic rings. The molecule has 5 N–H and O–H groups in total. The van der Waals surface area contributed by atoms with E-state index in [2.05, 4.69) is 28.0 Å². The highest BCUT2D eigenvalue weighted by atomic mass is 15.6. The van der Waals surface area contributed by atoms with Crippen LogP contribution in [0.5, 0.6) is 0 Å². The zero-order valence-electron chi connectivity index (χ0n) is 8.09. The van der Waals surface area contributed by atoms with E-state index in [1.807, 2.05) is 0 Å². The number of hydrogen-bond donors (Lipinski definition) is 4. The van der Waals surface area contributed by atoms with Gasteiger partial charge in [-0.1, -0.05) is 0 Å². The summed E-state index contributed by atoms with van der Waals surface area (Å²) in [6.45, 7) is 5.02. The van der Waals surface area contributed by atoms with Crippen LogP contribution in [0.1, 0.15) is 13.3 Å². The molecule has 0 radical (unpaired) electrons. The molecule has 3 atom stereocenters. The Labute approximate surface area is 79.0 Å². The fourth-order valence-corrected chi connectivity index (χ4v) is 2.14. The monoisotopic (exact) mass is 185 g/mol. The molecule has 3 unspecified atom stereocenters. The third-order valence-electron chi connectivity index (χ3n) is 2.92. The number of nitrogens with two attached hydrogens (primary N) is 1. The van der Waals surface area contributed by atoms with Gasteiger partial charge in [0.15, 0.2) is 0 Å². The van der Waals surface area contributed by atoms with Crippen LogP contribution < -0.4 is 21.8 Å². The lowest BCUT2D eigenvalue weighted by Gasteiger charge is -2.37.